The molecule has 0 fully saturated rings. The lowest BCUT2D eigenvalue weighted by Crippen LogP contribution is -2.43. The van der Waals surface area contributed by atoms with Crippen molar-refractivity contribution in [1.29, 1.82) is 0 Å². The highest BCUT2D eigenvalue weighted by molar-refractivity contribution is 5.97. The molecule has 1 heterocycles. The fraction of sp³-hybridized carbons (Fsp3) is 0.233. The minimum atomic E-state index is -4.66. The maximum atomic E-state index is 13.9. The Morgan fingerprint density at radius 1 is 0.927 bits per heavy atom. The Bertz CT molecular complexity index is 1530. The van der Waals surface area contributed by atoms with Gasteiger partial charge in [-0.3, -0.25) is 4.79 Å². The van der Waals surface area contributed by atoms with Crippen LogP contribution in [0.4, 0.5) is 24.7 Å². The fourth-order valence-corrected chi connectivity index (χ4v) is 4.23. The molecule has 4 aromatic rings. The van der Waals surface area contributed by atoms with Gasteiger partial charge in [0.1, 0.15) is 11.9 Å². The standard InChI is InChI=1S/C30H28F3N3O5/c1-4-41-29(38)24(14-18-8-6-5-7-9-18)36-28(37)19-10-12-20(13-11-19)34-27-16-22(30(31,32)33)21-15-25(39-2)26(40-3)17-23(21)35-27/h5-13,15-17,24H,4,14H2,1-3H3,(H,34,35)(H,36,37). The molecule has 1 aromatic heterocycles. The molecular formula is C30H28F3N3O5. The number of fused-ring (bicyclic) bond motifs is 1. The molecule has 2 N–H and O–H groups in total. The highest BCUT2D eigenvalue weighted by Gasteiger charge is 2.34. The lowest BCUT2D eigenvalue weighted by atomic mass is 10.1. The molecule has 214 valence electrons. The third kappa shape index (κ3) is 7.05. The second-order valence-corrected chi connectivity index (χ2v) is 8.95. The van der Waals surface area contributed by atoms with Crippen LogP contribution in [0.15, 0.2) is 72.8 Å². The molecule has 1 atom stereocenters. The number of nitrogens with zero attached hydrogens (tertiary/aromatic N) is 1. The molecule has 3 aromatic carbocycles. The summed E-state index contributed by atoms with van der Waals surface area (Å²) >= 11 is 0. The minimum absolute atomic E-state index is 0.0550. The van der Waals surface area contributed by atoms with E-state index in [1.807, 2.05) is 30.3 Å². The van der Waals surface area contributed by atoms with E-state index in [0.29, 0.717) is 5.69 Å². The van der Waals surface area contributed by atoms with Crippen LogP contribution in [0, 0.1) is 0 Å². The molecule has 1 unspecified atom stereocenters. The van der Waals surface area contributed by atoms with Crippen molar-refractivity contribution in [3.63, 3.8) is 0 Å². The first-order chi connectivity index (χ1) is 19.6. The number of pyridine rings is 1. The SMILES string of the molecule is CCOC(=O)C(Cc1ccccc1)NC(=O)c1ccc(Nc2cc(C(F)(F)F)c3cc(OC)c(OC)cc3n2)cc1. The van der Waals surface area contributed by atoms with Crippen molar-refractivity contribution >= 4 is 34.3 Å². The number of halogens is 3. The van der Waals surface area contributed by atoms with Gasteiger partial charge in [0, 0.05) is 29.1 Å². The van der Waals surface area contributed by atoms with Crippen LogP contribution in [-0.2, 0) is 22.1 Å². The predicted octanol–water partition coefficient (Wildman–Crippen LogP) is 5.92. The quantitative estimate of drug-likeness (QED) is 0.230. The molecule has 0 aliphatic rings. The number of benzene rings is 3. The van der Waals surface area contributed by atoms with Gasteiger partial charge in [-0.05, 0) is 48.9 Å². The zero-order chi connectivity index (χ0) is 29.6. The molecule has 41 heavy (non-hydrogen) atoms. The number of amides is 1. The van der Waals surface area contributed by atoms with Crippen molar-refractivity contribution in [3.8, 4) is 11.5 Å². The van der Waals surface area contributed by atoms with Gasteiger partial charge in [0.05, 0.1) is 31.9 Å². The zero-order valence-electron chi connectivity index (χ0n) is 22.5. The lowest BCUT2D eigenvalue weighted by molar-refractivity contribution is -0.145. The molecule has 11 heteroatoms. The van der Waals surface area contributed by atoms with E-state index in [1.165, 1.54) is 50.6 Å². The molecular weight excluding hydrogens is 539 g/mol. The third-order valence-electron chi connectivity index (χ3n) is 6.20. The van der Waals surface area contributed by atoms with E-state index in [2.05, 4.69) is 15.6 Å². The van der Waals surface area contributed by atoms with E-state index in [1.54, 1.807) is 6.92 Å². The van der Waals surface area contributed by atoms with Gasteiger partial charge in [0.25, 0.3) is 5.91 Å². The van der Waals surface area contributed by atoms with E-state index >= 15 is 0 Å². The molecule has 8 nitrogen and oxygen atoms in total. The summed E-state index contributed by atoms with van der Waals surface area (Å²) in [5, 5.41) is 5.43. The number of ether oxygens (including phenoxy) is 3. The van der Waals surface area contributed by atoms with Crippen LogP contribution in [0.2, 0.25) is 0 Å². The van der Waals surface area contributed by atoms with Gasteiger partial charge < -0.3 is 24.8 Å². The van der Waals surface area contributed by atoms with Crippen LogP contribution in [0.3, 0.4) is 0 Å². The normalized spacial score (nSPS) is 12.0. The number of nitrogens with one attached hydrogen (secondary N) is 2. The Kier molecular flexibility index (Phi) is 8.96. The summed E-state index contributed by atoms with van der Waals surface area (Å²) in [6.07, 6.45) is -4.41. The number of hydrogen-bond acceptors (Lipinski definition) is 7. The van der Waals surface area contributed by atoms with E-state index in [9.17, 15) is 22.8 Å². The van der Waals surface area contributed by atoms with Gasteiger partial charge in [0.2, 0.25) is 0 Å². The number of carbonyl (C=O) groups is 2. The van der Waals surface area contributed by atoms with E-state index in [4.69, 9.17) is 14.2 Å². The van der Waals surface area contributed by atoms with Crippen LogP contribution in [-0.4, -0.2) is 43.7 Å². The average Bonchev–Trinajstić information content (AvgIpc) is 2.96. The van der Waals surface area contributed by atoms with Gasteiger partial charge in [-0.1, -0.05) is 30.3 Å². The molecule has 0 spiro atoms. The molecule has 4 rings (SSSR count). The smallest absolute Gasteiger partial charge is 0.417 e. The lowest BCUT2D eigenvalue weighted by Gasteiger charge is -2.18. The maximum absolute atomic E-state index is 13.9. The van der Waals surface area contributed by atoms with Gasteiger partial charge in [0.15, 0.2) is 11.5 Å². The Balaban J connectivity index is 1.55. The van der Waals surface area contributed by atoms with Gasteiger partial charge >= 0.3 is 12.1 Å². The van der Waals surface area contributed by atoms with E-state index in [0.717, 1.165) is 11.6 Å². The van der Waals surface area contributed by atoms with Crippen LogP contribution in [0.1, 0.15) is 28.4 Å². The van der Waals surface area contributed by atoms with Gasteiger partial charge in [-0.25, -0.2) is 9.78 Å². The number of alkyl halides is 3. The summed E-state index contributed by atoms with van der Waals surface area (Å²) in [5.41, 5.74) is 0.651. The molecule has 0 bridgehead atoms. The number of hydrogen-bond donors (Lipinski definition) is 2. The summed E-state index contributed by atoms with van der Waals surface area (Å²) in [6, 6.07) is 17.8. The molecule has 0 aliphatic heterocycles. The van der Waals surface area contributed by atoms with Gasteiger partial charge in [-0.2, -0.15) is 13.2 Å². The number of aromatic nitrogens is 1. The topological polar surface area (TPSA) is 98.8 Å². The number of anilines is 2. The molecule has 1 amide bonds. The minimum Gasteiger partial charge on any atom is -0.493 e. The molecule has 0 aliphatic carbocycles. The Labute approximate surface area is 234 Å². The number of rotatable bonds is 10. The van der Waals surface area contributed by atoms with Crippen molar-refractivity contribution in [2.45, 2.75) is 25.6 Å². The largest absolute Gasteiger partial charge is 0.493 e. The summed E-state index contributed by atoms with van der Waals surface area (Å²) in [4.78, 5) is 29.8. The highest BCUT2D eigenvalue weighted by Crippen LogP contribution is 2.40. The van der Waals surface area contributed by atoms with E-state index < -0.39 is 29.7 Å². The van der Waals surface area contributed by atoms with Crippen LogP contribution in [0.5, 0.6) is 11.5 Å². The first-order valence-corrected chi connectivity index (χ1v) is 12.7. The number of carbonyl (C=O) groups excluding carboxylic acids is 2. The van der Waals surface area contributed by atoms with Crippen molar-refractivity contribution < 1.29 is 37.0 Å². The summed E-state index contributed by atoms with van der Waals surface area (Å²) < 4.78 is 57.3. The molecule has 0 saturated heterocycles. The van der Waals surface area contributed by atoms with Crippen LogP contribution >= 0.6 is 0 Å². The first-order valence-electron chi connectivity index (χ1n) is 12.7. The monoisotopic (exact) mass is 567 g/mol. The predicted molar refractivity (Wildman–Crippen MR) is 148 cm³/mol. The Morgan fingerprint density at radius 2 is 1.59 bits per heavy atom. The van der Waals surface area contributed by atoms with E-state index in [-0.39, 0.29) is 46.8 Å². The molecule has 0 saturated carbocycles. The second-order valence-electron chi connectivity index (χ2n) is 8.95. The Hall–Kier alpha value is -4.80. The number of methoxy groups -OCH3 is 2. The summed E-state index contributed by atoms with van der Waals surface area (Å²) in [6.45, 7) is 1.85. The van der Waals surface area contributed by atoms with Crippen molar-refractivity contribution in [2.24, 2.45) is 0 Å². The zero-order valence-corrected chi connectivity index (χ0v) is 22.5. The summed E-state index contributed by atoms with van der Waals surface area (Å²) in [7, 11) is 2.72. The van der Waals surface area contributed by atoms with Crippen molar-refractivity contribution in [2.75, 3.05) is 26.1 Å². The third-order valence-corrected chi connectivity index (χ3v) is 6.20. The Morgan fingerprint density at radius 3 is 2.20 bits per heavy atom. The summed E-state index contributed by atoms with van der Waals surface area (Å²) in [5.74, 6) is -0.730. The number of esters is 1. The fourth-order valence-electron chi connectivity index (χ4n) is 4.23. The van der Waals surface area contributed by atoms with Gasteiger partial charge in [-0.15, -0.1) is 0 Å². The maximum Gasteiger partial charge on any atom is 0.417 e. The first kappa shape index (κ1) is 29.2. The highest BCUT2D eigenvalue weighted by atomic mass is 19.4. The van der Waals surface area contributed by atoms with Crippen molar-refractivity contribution in [3.05, 3.63) is 89.5 Å². The van der Waals surface area contributed by atoms with Crippen LogP contribution in [0.25, 0.3) is 10.9 Å². The average molecular weight is 568 g/mol. The van der Waals surface area contributed by atoms with Crippen LogP contribution < -0.4 is 20.1 Å². The molecule has 0 radical (unpaired) electrons. The van der Waals surface area contributed by atoms with Crippen molar-refractivity contribution in [1.82, 2.24) is 10.3 Å². The second kappa shape index (κ2) is 12.6.